The molecule has 4 rings (SSSR count). The van der Waals surface area contributed by atoms with Crippen molar-refractivity contribution in [3.05, 3.63) is 90.1 Å². The van der Waals surface area contributed by atoms with Gasteiger partial charge in [-0.05, 0) is 64.4 Å². The van der Waals surface area contributed by atoms with Crippen molar-refractivity contribution in [2.75, 3.05) is 23.8 Å². The minimum atomic E-state index is -0.390. The van der Waals surface area contributed by atoms with Gasteiger partial charge in [-0.3, -0.25) is 4.79 Å². The lowest BCUT2D eigenvalue weighted by atomic mass is 10.1. The predicted octanol–water partition coefficient (Wildman–Crippen LogP) is 6.44. The third kappa shape index (κ3) is 6.46. The molecule has 2 N–H and O–H groups in total. The predicted molar refractivity (Wildman–Crippen MR) is 156 cm³/mol. The summed E-state index contributed by atoms with van der Waals surface area (Å²) in [6.45, 7) is 9.90. The van der Waals surface area contributed by atoms with Crippen molar-refractivity contribution in [2.24, 2.45) is 0 Å². The summed E-state index contributed by atoms with van der Waals surface area (Å²) in [6, 6.07) is 24.4. The number of aromatic nitrogens is 2. The molecule has 0 atom stereocenters. The Morgan fingerprint density at radius 1 is 0.923 bits per heavy atom. The molecule has 0 aliphatic heterocycles. The number of carbonyl (C=O) groups is 2. The van der Waals surface area contributed by atoms with Crippen LogP contribution < -0.4 is 15.4 Å². The number of benzene rings is 3. The van der Waals surface area contributed by atoms with E-state index in [1.165, 1.54) is 4.90 Å². The summed E-state index contributed by atoms with van der Waals surface area (Å²) in [5.41, 5.74) is 5.05. The van der Waals surface area contributed by atoms with Crippen LogP contribution in [-0.4, -0.2) is 45.8 Å². The van der Waals surface area contributed by atoms with Crippen LogP contribution in [0.4, 0.5) is 16.3 Å². The Bertz CT molecular complexity index is 1430. The van der Waals surface area contributed by atoms with Crippen LogP contribution in [0, 0.1) is 13.8 Å². The topological polar surface area (TPSA) is 88.5 Å². The number of urea groups is 1. The first-order chi connectivity index (χ1) is 18.8. The van der Waals surface area contributed by atoms with Gasteiger partial charge in [-0.2, -0.15) is 5.10 Å². The van der Waals surface area contributed by atoms with Gasteiger partial charge in [0.2, 0.25) is 5.91 Å². The van der Waals surface area contributed by atoms with E-state index >= 15 is 0 Å². The smallest absolute Gasteiger partial charge is 0.322 e. The Balaban J connectivity index is 1.62. The van der Waals surface area contributed by atoms with E-state index in [1.54, 1.807) is 16.8 Å². The summed E-state index contributed by atoms with van der Waals surface area (Å²) in [6.07, 6.45) is 0. The van der Waals surface area contributed by atoms with Gasteiger partial charge < -0.3 is 20.3 Å². The van der Waals surface area contributed by atoms with Crippen molar-refractivity contribution in [3.63, 3.8) is 0 Å². The van der Waals surface area contributed by atoms with E-state index in [9.17, 15) is 9.59 Å². The summed E-state index contributed by atoms with van der Waals surface area (Å²) in [5, 5.41) is 10.7. The second-order valence-corrected chi connectivity index (χ2v) is 9.55. The molecule has 0 aliphatic rings. The molecule has 0 bridgehead atoms. The van der Waals surface area contributed by atoms with Crippen LogP contribution in [0.5, 0.6) is 5.75 Å². The third-order valence-corrected chi connectivity index (χ3v) is 6.29. The molecule has 8 heteroatoms. The molecule has 8 nitrogen and oxygen atoms in total. The number of nitrogens with one attached hydrogen (secondary N) is 2. The number of amides is 3. The molecule has 0 radical (unpaired) electrons. The average Bonchev–Trinajstić information content (AvgIpc) is 3.24. The maximum atomic E-state index is 13.5. The number of anilines is 2. The molecule has 3 aromatic carbocycles. The fraction of sp³-hybridized carbons (Fsp3) is 0.258. The molecule has 0 unspecified atom stereocenters. The number of rotatable bonds is 9. The van der Waals surface area contributed by atoms with Gasteiger partial charge in [0.15, 0.2) is 0 Å². The number of carbonyl (C=O) groups excluding carboxylic acids is 2. The molecule has 0 spiro atoms. The molecule has 0 saturated carbocycles. The second-order valence-electron chi connectivity index (χ2n) is 9.55. The Morgan fingerprint density at radius 2 is 1.59 bits per heavy atom. The molecule has 1 heterocycles. The SMILES string of the molecule is CCOc1ccccc1NC(=O)N(CC(=O)Nc1c(-c2ccccc2)c(C)nn1-c1ccc(C)cc1)C(C)C. The number of hydrogen-bond acceptors (Lipinski definition) is 4. The van der Waals surface area contributed by atoms with E-state index in [1.807, 2.05) is 101 Å². The van der Waals surface area contributed by atoms with E-state index < -0.39 is 0 Å². The van der Waals surface area contributed by atoms with Gasteiger partial charge in [-0.15, -0.1) is 0 Å². The lowest BCUT2D eigenvalue weighted by Crippen LogP contribution is -2.44. The van der Waals surface area contributed by atoms with Gasteiger partial charge in [0.25, 0.3) is 0 Å². The first kappa shape index (κ1) is 27.4. The first-order valence-corrected chi connectivity index (χ1v) is 13.1. The number of aryl methyl sites for hydroxylation is 2. The molecule has 1 aromatic heterocycles. The molecule has 0 aliphatic carbocycles. The Hall–Kier alpha value is -4.59. The van der Waals surface area contributed by atoms with Crippen LogP contribution in [0.1, 0.15) is 32.0 Å². The highest BCUT2D eigenvalue weighted by atomic mass is 16.5. The molecule has 0 fully saturated rings. The summed E-state index contributed by atoms with van der Waals surface area (Å²) in [5.74, 6) is 0.798. The zero-order chi connectivity index (χ0) is 27.9. The monoisotopic (exact) mass is 525 g/mol. The van der Waals surface area contributed by atoms with Gasteiger partial charge in [0.05, 0.1) is 23.7 Å². The molecular formula is C31H35N5O3. The second kappa shape index (κ2) is 12.3. The molecular weight excluding hydrogens is 490 g/mol. The Morgan fingerprint density at radius 3 is 2.26 bits per heavy atom. The fourth-order valence-corrected chi connectivity index (χ4v) is 4.32. The molecule has 3 amide bonds. The highest BCUT2D eigenvalue weighted by molar-refractivity contribution is 5.99. The number of hydrogen-bond donors (Lipinski definition) is 2. The van der Waals surface area contributed by atoms with Crippen molar-refractivity contribution >= 4 is 23.4 Å². The lowest BCUT2D eigenvalue weighted by Gasteiger charge is -2.27. The minimum Gasteiger partial charge on any atom is -0.492 e. The van der Waals surface area contributed by atoms with Crippen LogP contribution >= 0.6 is 0 Å². The third-order valence-electron chi connectivity index (χ3n) is 6.29. The maximum Gasteiger partial charge on any atom is 0.322 e. The highest BCUT2D eigenvalue weighted by Gasteiger charge is 2.25. The molecule has 0 saturated heterocycles. The van der Waals surface area contributed by atoms with E-state index in [0.29, 0.717) is 23.9 Å². The van der Waals surface area contributed by atoms with Crippen LogP contribution in [0.15, 0.2) is 78.9 Å². The number of nitrogens with zero attached hydrogens (tertiary/aromatic N) is 3. The first-order valence-electron chi connectivity index (χ1n) is 13.1. The van der Waals surface area contributed by atoms with Gasteiger partial charge in [0, 0.05) is 11.6 Å². The quantitative estimate of drug-likeness (QED) is 0.263. The Kier molecular flexibility index (Phi) is 8.66. The zero-order valence-electron chi connectivity index (χ0n) is 23.1. The standard InChI is InChI=1S/C31H35N5O3/c1-6-39-27-15-11-10-14-26(27)32-31(38)35(21(2)3)20-28(37)33-30-29(24-12-8-7-9-13-24)23(5)34-36(30)25-18-16-22(4)17-19-25/h7-19,21H,6,20H2,1-5H3,(H,32,38)(H,33,37). The lowest BCUT2D eigenvalue weighted by molar-refractivity contribution is -0.117. The van der Waals surface area contributed by atoms with Crippen molar-refractivity contribution in [2.45, 2.75) is 40.7 Å². The molecule has 4 aromatic rings. The van der Waals surface area contributed by atoms with Crippen LogP contribution in [0.3, 0.4) is 0 Å². The van der Waals surface area contributed by atoms with Crippen molar-refractivity contribution in [1.82, 2.24) is 14.7 Å². The summed E-state index contributed by atoms with van der Waals surface area (Å²) < 4.78 is 7.38. The van der Waals surface area contributed by atoms with E-state index in [2.05, 4.69) is 10.6 Å². The molecule has 39 heavy (non-hydrogen) atoms. The van der Waals surface area contributed by atoms with Crippen molar-refractivity contribution in [3.8, 4) is 22.6 Å². The van der Waals surface area contributed by atoms with Gasteiger partial charge in [-0.1, -0.05) is 60.2 Å². The van der Waals surface area contributed by atoms with Crippen molar-refractivity contribution < 1.29 is 14.3 Å². The maximum absolute atomic E-state index is 13.5. The van der Waals surface area contributed by atoms with E-state index in [0.717, 1.165) is 28.1 Å². The summed E-state index contributed by atoms with van der Waals surface area (Å²) in [4.78, 5) is 28.2. The van der Waals surface area contributed by atoms with Crippen LogP contribution in [0.2, 0.25) is 0 Å². The fourth-order valence-electron chi connectivity index (χ4n) is 4.32. The minimum absolute atomic E-state index is 0.146. The number of para-hydroxylation sites is 2. The van der Waals surface area contributed by atoms with Gasteiger partial charge in [0.1, 0.15) is 18.1 Å². The van der Waals surface area contributed by atoms with E-state index in [4.69, 9.17) is 9.84 Å². The van der Waals surface area contributed by atoms with E-state index in [-0.39, 0.29) is 24.5 Å². The van der Waals surface area contributed by atoms with Crippen molar-refractivity contribution in [1.29, 1.82) is 0 Å². The summed E-state index contributed by atoms with van der Waals surface area (Å²) >= 11 is 0. The normalized spacial score (nSPS) is 10.8. The van der Waals surface area contributed by atoms with Gasteiger partial charge >= 0.3 is 6.03 Å². The Labute approximate surface area is 229 Å². The zero-order valence-corrected chi connectivity index (χ0v) is 23.1. The van der Waals surface area contributed by atoms with Crippen LogP contribution in [-0.2, 0) is 4.79 Å². The molecule has 202 valence electrons. The summed E-state index contributed by atoms with van der Waals surface area (Å²) in [7, 11) is 0. The highest BCUT2D eigenvalue weighted by Crippen LogP contribution is 2.33. The van der Waals surface area contributed by atoms with Crippen LogP contribution in [0.25, 0.3) is 16.8 Å². The number of ether oxygens (including phenoxy) is 1. The van der Waals surface area contributed by atoms with Gasteiger partial charge in [-0.25, -0.2) is 9.48 Å². The largest absolute Gasteiger partial charge is 0.492 e. The average molecular weight is 526 g/mol.